The summed E-state index contributed by atoms with van der Waals surface area (Å²) in [7, 11) is 0. The maximum absolute atomic E-state index is 10.4. The first-order chi connectivity index (χ1) is 7.59. The van der Waals surface area contributed by atoms with E-state index in [-0.39, 0.29) is 6.61 Å². The van der Waals surface area contributed by atoms with Crippen molar-refractivity contribution in [2.45, 2.75) is 0 Å². The van der Waals surface area contributed by atoms with Crippen molar-refractivity contribution in [1.82, 2.24) is 4.98 Å². The molecule has 0 unspecified atom stereocenters. The lowest BCUT2D eigenvalue weighted by molar-refractivity contribution is -0.122. The van der Waals surface area contributed by atoms with Crippen LogP contribution in [-0.4, -0.2) is 30.6 Å². The molecule has 0 fully saturated rings. The Bertz CT molecular complexity index is 373. The molecule has 0 atom stereocenters. The van der Waals surface area contributed by atoms with Crippen LogP contribution in [0.15, 0.2) is 16.7 Å². The molecular weight excluding hydrogens is 276 g/mol. The van der Waals surface area contributed by atoms with Gasteiger partial charge in [-0.2, -0.15) is 0 Å². The van der Waals surface area contributed by atoms with Crippen LogP contribution in [0.5, 0.6) is 0 Å². The molecule has 1 amide bonds. The van der Waals surface area contributed by atoms with Crippen molar-refractivity contribution in [3.8, 4) is 0 Å². The first-order valence-electron chi connectivity index (χ1n) is 4.60. The average molecular weight is 289 g/mol. The summed E-state index contributed by atoms with van der Waals surface area (Å²) in [6.07, 6.45) is 1.64. The van der Waals surface area contributed by atoms with Crippen molar-refractivity contribution in [3.05, 3.63) is 16.7 Å². The Morgan fingerprint density at radius 2 is 2.38 bits per heavy atom. The molecule has 1 aromatic heterocycles. The fraction of sp³-hybridized carbons (Fsp3) is 0.333. The summed E-state index contributed by atoms with van der Waals surface area (Å²) in [5.74, 6) is 0.104. The largest absolute Gasteiger partial charge is 0.396 e. The van der Waals surface area contributed by atoms with E-state index in [9.17, 15) is 4.79 Å². The van der Waals surface area contributed by atoms with E-state index < -0.39 is 5.91 Å². The molecule has 0 saturated carbocycles. The van der Waals surface area contributed by atoms with E-state index in [1.165, 1.54) is 0 Å². The van der Waals surface area contributed by atoms with E-state index in [1.54, 1.807) is 12.3 Å². The van der Waals surface area contributed by atoms with Crippen molar-refractivity contribution in [2.75, 3.05) is 30.8 Å². The van der Waals surface area contributed by atoms with E-state index in [4.69, 9.17) is 16.2 Å². The fourth-order valence-corrected chi connectivity index (χ4v) is 1.37. The minimum absolute atomic E-state index is 0.0784. The lowest BCUT2D eigenvalue weighted by Crippen LogP contribution is -2.20. The van der Waals surface area contributed by atoms with Crippen LogP contribution in [0.4, 0.5) is 11.5 Å². The van der Waals surface area contributed by atoms with Gasteiger partial charge in [-0.15, -0.1) is 0 Å². The molecular formula is C9H13BrN4O2. The molecule has 0 bridgehead atoms. The molecule has 0 aliphatic heterocycles. The van der Waals surface area contributed by atoms with Crippen molar-refractivity contribution in [2.24, 2.45) is 5.73 Å². The first kappa shape index (κ1) is 12.7. The number of amides is 1. The van der Waals surface area contributed by atoms with E-state index >= 15 is 0 Å². The van der Waals surface area contributed by atoms with Gasteiger partial charge in [-0.25, -0.2) is 4.98 Å². The number of rotatable bonds is 6. The highest BCUT2D eigenvalue weighted by Gasteiger charge is 2.00. The number of carbonyl (C=O) groups is 1. The average Bonchev–Trinajstić information content (AvgIpc) is 2.20. The number of nitrogens with two attached hydrogens (primary N) is 2. The van der Waals surface area contributed by atoms with Crippen LogP contribution < -0.4 is 16.8 Å². The summed E-state index contributed by atoms with van der Waals surface area (Å²) in [5.41, 5.74) is 11.2. The van der Waals surface area contributed by atoms with Gasteiger partial charge in [0.2, 0.25) is 5.91 Å². The normalized spacial score (nSPS) is 10.1. The zero-order valence-electron chi connectivity index (χ0n) is 8.57. The topological polar surface area (TPSA) is 103 Å². The number of pyridine rings is 1. The van der Waals surface area contributed by atoms with Gasteiger partial charge in [-0.1, -0.05) is 0 Å². The molecule has 1 heterocycles. The Hall–Kier alpha value is -1.34. The van der Waals surface area contributed by atoms with Crippen molar-refractivity contribution in [1.29, 1.82) is 0 Å². The van der Waals surface area contributed by atoms with Crippen LogP contribution in [0.2, 0.25) is 0 Å². The van der Waals surface area contributed by atoms with Crippen LogP contribution in [-0.2, 0) is 9.53 Å². The molecule has 0 aromatic carbocycles. The molecule has 7 heteroatoms. The zero-order valence-corrected chi connectivity index (χ0v) is 10.2. The van der Waals surface area contributed by atoms with Gasteiger partial charge in [-0.3, -0.25) is 4.79 Å². The molecule has 0 aliphatic carbocycles. The summed E-state index contributed by atoms with van der Waals surface area (Å²) >= 11 is 3.26. The third-order valence-corrected chi connectivity index (χ3v) is 2.10. The summed E-state index contributed by atoms with van der Waals surface area (Å²) in [5, 5.41) is 2.98. The minimum Gasteiger partial charge on any atom is -0.396 e. The summed E-state index contributed by atoms with van der Waals surface area (Å²) < 4.78 is 5.79. The Balaban J connectivity index is 2.29. The quantitative estimate of drug-likeness (QED) is 0.655. The summed E-state index contributed by atoms with van der Waals surface area (Å²) in [6.45, 7) is 0.789. The van der Waals surface area contributed by atoms with Crippen LogP contribution in [0.25, 0.3) is 0 Å². The number of hydrogen-bond acceptors (Lipinski definition) is 5. The number of halogens is 1. The Labute approximate surface area is 101 Å². The molecule has 0 radical (unpaired) electrons. The number of nitrogens with one attached hydrogen (secondary N) is 1. The molecule has 16 heavy (non-hydrogen) atoms. The predicted octanol–water partition coefficient (Wildman–Crippen LogP) is 0.340. The number of carbonyl (C=O) groups excluding carboxylic acids is 1. The smallest absolute Gasteiger partial charge is 0.243 e. The van der Waals surface area contributed by atoms with Crippen LogP contribution in [0, 0.1) is 0 Å². The van der Waals surface area contributed by atoms with Gasteiger partial charge in [0.25, 0.3) is 0 Å². The van der Waals surface area contributed by atoms with Gasteiger partial charge in [-0.05, 0) is 22.0 Å². The number of nitrogens with zero attached hydrogens (tertiary/aromatic N) is 1. The third kappa shape index (κ3) is 4.45. The van der Waals surface area contributed by atoms with Gasteiger partial charge in [0.1, 0.15) is 12.4 Å². The Kier molecular flexibility index (Phi) is 5.00. The second kappa shape index (κ2) is 6.29. The Morgan fingerprint density at radius 1 is 1.62 bits per heavy atom. The maximum Gasteiger partial charge on any atom is 0.243 e. The van der Waals surface area contributed by atoms with E-state index in [2.05, 4.69) is 26.2 Å². The highest BCUT2D eigenvalue weighted by molar-refractivity contribution is 9.10. The SMILES string of the molecule is NC(=O)COCCNc1ncc(Br)cc1N. The molecule has 0 aliphatic rings. The minimum atomic E-state index is -0.485. The van der Waals surface area contributed by atoms with Gasteiger partial charge in [0.05, 0.1) is 12.3 Å². The molecule has 0 spiro atoms. The molecule has 1 aromatic rings. The first-order valence-corrected chi connectivity index (χ1v) is 5.40. The number of primary amides is 1. The van der Waals surface area contributed by atoms with Crippen molar-refractivity contribution < 1.29 is 9.53 Å². The van der Waals surface area contributed by atoms with Crippen molar-refractivity contribution in [3.63, 3.8) is 0 Å². The van der Waals surface area contributed by atoms with E-state index in [0.29, 0.717) is 24.7 Å². The number of anilines is 2. The van der Waals surface area contributed by atoms with Crippen LogP contribution in [0.3, 0.4) is 0 Å². The number of aromatic nitrogens is 1. The van der Waals surface area contributed by atoms with Crippen LogP contribution in [0.1, 0.15) is 0 Å². The van der Waals surface area contributed by atoms with Gasteiger partial charge >= 0.3 is 0 Å². The molecule has 88 valence electrons. The summed E-state index contributed by atoms with van der Waals surface area (Å²) in [4.78, 5) is 14.4. The second-order valence-corrected chi connectivity index (χ2v) is 3.95. The van der Waals surface area contributed by atoms with Crippen molar-refractivity contribution >= 4 is 33.3 Å². The standard InChI is InChI=1S/C9H13BrN4O2/c10-6-3-7(11)9(14-4-6)13-1-2-16-5-8(12)15/h3-4H,1-2,5,11H2,(H2,12,15)(H,13,14). The van der Waals surface area contributed by atoms with Gasteiger partial charge < -0.3 is 21.5 Å². The highest BCUT2D eigenvalue weighted by Crippen LogP contribution is 2.19. The number of nitrogen functional groups attached to an aromatic ring is 1. The molecule has 0 saturated heterocycles. The number of ether oxygens (including phenoxy) is 1. The predicted molar refractivity (Wildman–Crippen MR) is 64.9 cm³/mol. The van der Waals surface area contributed by atoms with Gasteiger partial charge in [0, 0.05) is 17.2 Å². The Morgan fingerprint density at radius 3 is 3.00 bits per heavy atom. The second-order valence-electron chi connectivity index (χ2n) is 3.04. The van der Waals surface area contributed by atoms with Gasteiger partial charge in [0.15, 0.2) is 0 Å². The molecule has 1 rings (SSSR count). The van der Waals surface area contributed by atoms with E-state index in [1.807, 2.05) is 0 Å². The fourth-order valence-electron chi connectivity index (χ4n) is 1.02. The molecule has 5 N–H and O–H groups in total. The van der Waals surface area contributed by atoms with Crippen LogP contribution >= 0.6 is 15.9 Å². The zero-order chi connectivity index (χ0) is 12.0. The lowest BCUT2D eigenvalue weighted by Gasteiger charge is -2.08. The highest BCUT2D eigenvalue weighted by atomic mass is 79.9. The molecule has 6 nitrogen and oxygen atoms in total. The maximum atomic E-state index is 10.4. The third-order valence-electron chi connectivity index (χ3n) is 1.67. The number of hydrogen-bond donors (Lipinski definition) is 3. The van der Waals surface area contributed by atoms with E-state index in [0.717, 1.165) is 4.47 Å². The lowest BCUT2D eigenvalue weighted by atomic mass is 10.4. The monoisotopic (exact) mass is 288 g/mol. The summed E-state index contributed by atoms with van der Waals surface area (Å²) in [6, 6.07) is 1.75.